The third-order valence-electron chi connectivity index (χ3n) is 7.72. The van der Waals surface area contributed by atoms with Crippen molar-refractivity contribution in [3.63, 3.8) is 0 Å². The van der Waals surface area contributed by atoms with Gasteiger partial charge >= 0.3 is 5.97 Å². The molecule has 0 atom stereocenters. The van der Waals surface area contributed by atoms with Gasteiger partial charge in [-0.2, -0.15) is 0 Å². The van der Waals surface area contributed by atoms with Crippen molar-refractivity contribution in [2.75, 3.05) is 42.5 Å². The second-order valence-corrected chi connectivity index (χ2v) is 11.9. The van der Waals surface area contributed by atoms with Gasteiger partial charge in [-0.05, 0) is 49.6 Å². The molecule has 1 fully saturated rings. The van der Waals surface area contributed by atoms with Gasteiger partial charge in [0.25, 0.3) is 5.91 Å². The topological polar surface area (TPSA) is 103 Å². The van der Waals surface area contributed by atoms with Gasteiger partial charge in [0.1, 0.15) is 17.3 Å². The number of hydrogen-bond donors (Lipinski definition) is 1. The van der Waals surface area contributed by atoms with E-state index < -0.39 is 11.5 Å². The van der Waals surface area contributed by atoms with Crippen LogP contribution in [0.3, 0.4) is 0 Å². The van der Waals surface area contributed by atoms with Gasteiger partial charge in [0.05, 0.1) is 23.9 Å². The molecular weight excluding hydrogens is 511 g/mol. The predicted molar refractivity (Wildman–Crippen MR) is 150 cm³/mol. The molecule has 0 radical (unpaired) electrons. The summed E-state index contributed by atoms with van der Waals surface area (Å²) in [6.45, 7) is 11.4. The highest BCUT2D eigenvalue weighted by atomic mass is 19.1. The third kappa shape index (κ3) is 5.61. The number of piperazine rings is 1. The molecule has 0 bridgehead atoms. The zero-order valence-electron chi connectivity index (χ0n) is 23.4. The molecule has 2 aromatic heterocycles. The Kier molecular flexibility index (Phi) is 7.20. The van der Waals surface area contributed by atoms with Crippen LogP contribution in [-0.2, 0) is 23.1 Å². The first-order chi connectivity index (χ1) is 18.9. The number of halogens is 1. The van der Waals surface area contributed by atoms with Gasteiger partial charge in [-0.1, -0.05) is 32.0 Å². The Morgan fingerprint density at radius 1 is 0.950 bits per heavy atom. The van der Waals surface area contributed by atoms with Crippen LogP contribution in [0.15, 0.2) is 48.8 Å². The molecule has 0 spiro atoms. The molecule has 0 aliphatic carbocycles. The second-order valence-electron chi connectivity index (χ2n) is 11.9. The van der Waals surface area contributed by atoms with Crippen molar-refractivity contribution in [2.45, 2.75) is 51.5 Å². The van der Waals surface area contributed by atoms with Crippen LogP contribution in [0.25, 0.3) is 0 Å². The fourth-order valence-electron chi connectivity index (χ4n) is 5.65. The molecule has 3 aromatic rings. The summed E-state index contributed by atoms with van der Waals surface area (Å²) in [7, 11) is 0. The Bertz CT molecular complexity index is 1410. The number of aliphatic carboxylic acids is 1. The second kappa shape index (κ2) is 10.5. The summed E-state index contributed by atoms with van der Waals surface area (Å²) in [6.07, 6.45) is 3.87. The summed E-state index contributed by atoms with van der Waals surface area (Å²) in [5.74, 6) is 0.274. The summed E-state index contributed by atoms with van der Waals surface area (Å²) in [5, 5.41) is 9.00. The van der Waals surface area contributed by atoms with Gasteiger partial charge in [0, 0.05) is 44.3 Å². The highest BCUT2D eigenvalue weighted by Gasteiger charge is 2.41. The largest absolute Gasteiger partial charge is 0.481 e. The molecule has 0 saturated carbocycles. The standard InChI is InChI=1S/C30H35FN6O3/c1-29(2)18-36(12-11-20-5-8-22(31)9-6-20)27-26(29)34-23(17-33-27)28(40)37-14-13-35(19-30(37,3)4)24-10-7-21(16-32-24)15-25(38)39/h5-10,16-17H,11-15,18-19H2,1-4H3,(H,38,39). The number of carbonyl (C=O) groups is 2. The van der Waals surface area contributed by atoms with Crippen LogP contribution in [-0.4, -0.2) is 75.1 Å². The monoisotopic (exact) mass is 546 g/mol. The highest BCUT2D eigenvalue weighted by Crippen LogP contribution is 2.38. The van der Waals surface area contributed by atoms with E-state index in [0.717, 1.165) is 42.4 Å². The molecule has 0 unspecified atom stereocenters. The van der Waals surface area contributed by atoms with Gasteiger partial charge in [-0.3, -0.25) is 9.59 Å². The molecule has 4 heterocycles. The van der Waals surface area contributed by atoms with E-state index >= 15 is 0 Å². The van der Waals surface area contributed by atoms with Gasteiger partial charge < -0.3 is 19.8 Å². The number of nitrogens with zero attached hydrogens (tertiary/aromatic N) is 6. The molecule has 2 aliphatic heterocycles. The number of anilines is 2. The molecule has 10 heteroatoms. The Balaban J connectivity index is 1.28. The summed E-state index contributed by atoms with van der Waals surface area (Å²) in [4.78, 5) is 44.9. The van der Waals surface area contributed by atoms with E-state index in [9.17, 15) is 14.0 Å². The fourth-order valence-corrected chi connectivity index (χ4v) is 5.65. The zero-order chi connectivity index (χ0) is 28.7. The maximum absolute atomic E-state index is 13.7. The van der Waals surface area contributed by atoms with Crippen LogP contribution in [0.4, 0.5) is 16.0 Å². The van der Waals surface area contributed by atoms with E-state index in [1.54, 1.807) is 30.6 Å². The van der Waals surface area contributed by atoms with E-state index in [4.69, 9.17) is 15.1 Å². The first kappa shape index (κ1) is 27.5. The van der Waals surface area contributed by atoms with Crippen molar-refractivity contribution in [3.05, 3.63) is 77.1 Å². The summed E-state index contributed by atoms with van der Waals surface area (Å²) in [6, 6.07) is 10.2. The molecule has 1 N–H and O–H groups in total. The predicted octanol–water partition coefficient (Wildman–Crippen LogP) is 3.72. The van der Waals surface area contributed by atoms with Crippen LogP contribution < -0.4 is 9.80 Å². The van der Waals surface area contributed by atoms with E-state index in [1.807, 2.05) is 24.8 Å². The van der Waals surface area contributed by atoms with Crippen LogP contribution in [0, 0.1) is 5.82 Å². The molecule has 2 aliphatic rings. The zero-order valence-corrected chi connectivity index (χ0v) is 23.4. The maximum atomic E-state index is 13.7. The number of fused-ring (bicyclic) bond motifs is 1. The summed E-state index contributed by atoms with van der Waals surface area (Å²) >= 11 is 0. The van der Waals surface area contributed by atoms with Crippen molar-refractivity contribution in [3.8, 4) is 0 Å². The Morgan fingerprint density at radius 3 is 2.33 bits per heavy atom. The first-order valence-electron chi connectivity index (χ1n) is 13.5. The number of pyridine rings is 1. The minimum Gasteiger partial charge on any atom is -0.481 e. The maximum Gasteiger partial charge on any atom is 0.307 e. The Labute approximate surface area is 233 Å². The lowest BCUT2D eigenvalue weighted by atomic mass is 9.92. The minimum atomic E-state index is -0.890. The molecular formula is C30H35FN6O3. The first-order valence-corrected chi connectivity index (χ1v) is 13.5. The van der Waals surface area contributed by atoms with Crippen LogP contribution in [0.2, 0.25) is 0 Å². The van der Waals surface area contributed by atoms with Crippen molar-refractivity contribution in [2.24, 2.45) is 0 Å². The third-order valence-corrected chi connectivity index (χ3v) is 7.72. The number of carboxylic acids is 1. The summed E-state index contributed by atoms with van der Waals surface area (Å²) < 4.78 is 13.3. The average molecular weight is 547 g/mol. The SMILES string of the molecule is CC1(C)CN(CCc2ccc(F)cc2)c2ncc(C(=O)N3CCN(c4ccc(CC(=O)O)cn4)CC3(C)C)nc21. The number of amides is 1. The molecule has 5 rings (SSSR count). The van der Waals surface area contributed by atoms with Crippen molar-refractivity contribution >= 4 is 23.5 Å². The number of benzene rings is 1. The van der Waals surface area contributed by atoms with Crippen molar-refractivity contribution in [1.29, 1.82) is 0 Å². The van der Waals surface area contributed by atoms with Gasteiger partial charge in [0.15, 0.2) is 5.82 Å². The number of rotatable bonds is 7. The molecule has 40 heavy (non-hydrogen) atoms. The van der Waals surface area contributed by atoms with Crippen molar-refractivity contribution < 1.29 is 19.1 Å². The molecule has 210 valence electrons. The highest BCUT2D eigenvalue weighted by molar-refractivity contribution is 5.93. The normalized spacial score (nSPS) is 17.6. The smallest absolute Gasteiger partial charge is 0.307 e. The molecule has 1 saturated heterocycles. The molecule has 1 amide bonds. The Morgan fingerprint density at radius 2 is 1.68 bits per heavy atom. The van der Waals surface area contributed by atoms with Crippen LogP contribution in [0.5, 0.6) is 0 Å². The van der Waals surface area contributed by atoms with Gasteiger partial charge in [0.2, 0.25) is 0 Å². The lowest BCUT2D eigenvalue weighted by Gasteiger charge is -2.47. The fraction of sp³-hybridized carbons (Fsp3) is 0.433. The van der Waals surface area contributed by atoms with E-state index in [-0.39, 0.29) is 23.6 Å². The molecule has 9 nitrogen and oxygen atoms in total. The van der Waals surface area contributed by atoms with E-state index in [0.29, 0.717) is 30.9 Å². The quantitative estimate of drug-likeness (QED) is 0.479. The lowest BCUT2D eigenvalue weighted by molar-refractivity contribution is -0.136. The van der Waals surface area contributed by atoms with Crippen LogP contribution >= 0.6 is 0 Å². The Hall–Kier alpha value is -4.08. The number of aromatic nitrogens is 3. The van der Waals surface area contributed by atoms with Gasteiger partial charge in [-0.15, -0.1) is 0 Å². The van der Waals surface area contributed by atoms with Crippen molar-refractivity contribution in [1.82, 2.24) is 19.9 Å². The average Bonchev–Trinajstić information content (AvgIpc) is 3.16. The number of carboxylic acid groups (broad SMARTS) is 1. The summed E-state index contributed by atoms with van der Waals surface area (Å²) in [5.41, 5.74) is 2.10. The molecule has 1 aromatic carbocycles. The minimum absolute atomic E-state index is 0.0638. The number of hydrogen-bond acceptors (Lipinski definition) is 7. The number of carbonyl (C=O) groups excluding carboxylic acids is 1. The van der Waals surface area contributed by atoms with Gasteiger partial charge in [-0.25, -0.2) is 19.3 Å². The lowest BCUT2D eigenvalue weighted by Crippen LogP contribution is -2.61. The van der Waals surface area contributed by atoms with E-state index in [2.05, 4.69) is 28.6 Å². The van der Waals surface area contributed by atoms with Crippen LogP contribution in [0.1, 0.15) is 55.0 Å². The van der Waals surface area contributed by atoms with E-state index in [1.165, 1.54) is 12.1 Å².